The Morgan fingerprint density at radius 3 is 2.08 bits per heavy atom. The summed E-state index contributed by atoms with van der Waals surface area (Å²) in [4.78, 5) is 34.0. The van der Waals surface area contributed by atoms with Crippen molar-refractivity contribution >= 4 is 28.0 Å². The Hall–Kier alpha value is -1.79. The van der Waals surface area contributed by atoms with E-state index in [0.717, 1.165) is 0 Å². The van der Waals surface area contributed by atoms with Crippen LogP contribution in [0.3, 0.4) is 0 Å². The van der Waals surface area contributed by atoms with E-state index in [-0.39, 0.29) is 0 Å². The van der Waals surface area contributed by atoms with Gasteiger partial charge in [-0.1, -0.05) is 0 Å². The smallest absolute Gasteiger partial charge is 0.329 e. The molecule has 0 aliphatic heterocycles. The molecule has 2 saturated carbocycles. The Labute approximate surface area is 137 Å². The first-order valence-corrected chi connectivity index (χ1v) is 8.67. The molecule has 0 spiro atoms. The molecule has 1 amide bonds. The van der Waals surface area contributed by atoms with Crippen LogP contribution < -0.4 is 11.1 Å². The number of carbonyl (C=O) groups excluding carboxylic acids is 1. The highest BCUT2D eigenvalue weighted by atomic mass is 32.2. The van der Waals surface area contributed by atoms with E-state index >= 15 is 0 Å². The molecule has 138 valence electrons. The zero-order chi connectivity index (χ0) is 19.0. The van der Waals surface area contributed by atoms with Gasteiger partial charge in [-0.3, -0.25) is 14.1 Å². The molecule has 2 aliphatic carbocycles. The summed E-state index contributed by atoms with van der Waals surface area (Å²) in [6.45, 7) is 1.37. The molecule has 0 radical (unpaired) electrons. The normalized spacial score (nSPS) is 35.0. The van der Waals surface area contributed by atoms with Crippen molar-refractivity contribution < 1.29 is 42.0 Å². The highest BCUT2D eigenvalue weighted by molar-refractivity contribution is 7.85. The first-order chi connectivity index (χ1) is 10.7. The number of hydrogen-bond acceptors (Lipinski definition) is 6. The predicted molar refractivity (Wildman–Crippen MR) is 77.3 cm³/mol. The van der Waals surface area contributed by atoms with Crippen molar-refractivity contribution in [2.24, 2.45) is 23.5 Å². The van der Waals surface area contributed by atoms with Crippen molar-refractivity contribution in [2.45, 2.75) is 31.1 Å². The van der Waals surface area contributed by atoms with Crippen LogP contribution in [0.15, 0.2) is 0 Å². The van der Waals surface area contributed by atoms with Crippen molar-refractivity contribution in [2.75, 3.05) is 6.26 Å². The van der Waals surface area contributed by atoms with Gasteiger partial charge in [-0.25, -0.2) is 9.18 Å². The first-order valence-electron chi connectivity index (χ1n) is 6.82. The molecule has 24 heavy (non-hydrogen) atoms. The topological polar surface area (TPSA) is 184 Å². The van der Waals surface area contributed by atoms with Gasteiger partial charge in [0.15, 0.2) is 0 Å². The quantitative estimate of drug-likeness (QED) is 0.366. The van der Waals surface area contributed by atoms with Gasteiger partial charge in [0.1, 0.15) is 11.7 Å². The zero-order valence-electron chi connectivity index (χ0n) is 12.8. The zero-order valence-corrected chi connectivity index (χ0v) is 13.7. The minimum atomic E-state index is -3.67. The predicted octanol–water partition coefficient (Wildman–Crippen LogP) is -1.53. The molecule has 6 atom stereocenters. The maximum absolute atomic E-state index is 13.8. The number of alkyl halides is 1. The van der Waals surface area contributed by atoms with Crippen LogP contribution >= 0.6 is 0 Å². The fourth-order valence-corrected chi connectivity index (χ4v) is 3.07. The summed E-state index contributed by atoms with van der Waals surface area (Å²) in [5.41, 5.74) is 3.48. The Balaban J connectivity index is 0.000000505. The van der Waals surface area contributed by atoms with E-state index in [1.165, 1.54) is 6.92 Å². The van der Waals surface area contributed by atoms with Crippen LogP contribution in [0, 0.1) is 17.8 Å². The Morgan fingerprint density at radius 1 is 1.33 bits per heavy atom. The fourth-order valence-electron chi connectivity index (χ4n) is 3.07. The maximum atomic E-state index is 13.8. The average Bonchev–Trinajstić information content (AvgIpc) is 3.04. The number of nitrogens with two attached hydrogens (primary N) is 1. The number of nitrogens with one attached hydrogen (secondary N) is 1. The molecule has 0 aromatic carbocycles. The van der Waals surface area contributed by atoms with Gasteiger partial charge in [0, 0.05) is 18.3 Å². The first kappa shape index (κ1) is 20.3. The van der Waals surface area contributed by atoms with Gasteiger partial charge in [-0.2, -0.15) is 8.42 Å². The lowest BCUT2D eigenvalue weighted by atomic mass is 9.89. The highest BCUT2D eigenvalue weighted by Gasteiger charge is 2.76. The van der Waals surface area contributed by atoms with Crippen LogP contribution in [-0.2, 0) is 24.5 Å². The minimum absolute atomic E-state index is 0.417. The van der Waals surface area contributed by atoms with Gasteiger partial charge in [0.25, 0.3) is 10.1 Å². The molecule has 12 heteroatoms. The van der Waals surface area contributed by atoms with Crippen molar-refractivity contribution in [3.63, 3.8) is 0 Å². The SMILES string of the molecule is CS(=O)(=O)O.C[C@H](N)C(=O)N[C@@]1(C(=O)O)C[C@@H](F)[C@H]2[C@H](C(=O)O)[C@H]21. The second kappa shape index (κ2) is 6.61. The van der Waals surface area contributed by atoms with Gasteiger partial charge < -0.3 is 21.3 Å². The van der Waals surface area contributed by atoms with Crippen molar-refractivity contribution in [1.82, 2.24) is 5.32 Å². The maximum Gasteiger partial charge on any atom is 0.329 e. The van der Waals surface area contributed by atoms with Crippen molar-refractivity contribution in [3.8, 4) is 0 Å². The van der Waals surface area contributed by atoms with Crippen LogP contribution in [0.5, 0.6) is 0 Å². The lowest BCUT2D eigenvalue weighted by Crippen LogP contribution is -2.59. The third kappa shape index (κ3) is 4.19. The van der Waals surface area contributed by atoms with E-state index in [0.29, 0.717) is 6.26 Å². The molecule has 0 aromatic heterocycles. The van der Waals surface area contributed by atoms with Gasteiger partial charge in [0.2, 0.25) is 5.91 Å². The van der Waals surface area contributed by atoms with Crippen LogP contribution in [0.1, 0.15) is 13.3 Å². The molecule has 2 rings (SSSR count). The summed E-state index contributed by atoms with van der Waals surface area (Å²) >= 11 is 0. The Kier molecular flexibility index (Phi) is 5.58. The van der Waals surface area contributed by atoms with Gasteiger partial charge in [-0.05, 0) is 6.92 Å². The summed E-state index contributed by atoms with van der Waals surface area (Å²) in [5, 5.41) is 20.5. The van der Waals surface area contributed by atoms with Gasteiger partial charge in [-0.15, -0.1) is 0 Å². The Bertz CT molecular complexity index is 643. The number of amides is 1. The lowest BCUT2D eigenvalue weighted by Gasteiger charge is -2.29. The molecule has 0 aromatic rings. The minimum Gasteiger partial charge on any atom is -0.481 e. The van der Waals surface area contributed by atoms with E-state index in [4.69, 9.17) is 15.4 Å². The van der Waals surface area contributed by atoms with E-state index < -0.39 is 69.9 Å². The van der Waals surface area contributed by atoms with E-state index in [2.05, 4.69) is 5.32 Å². The number of hydrogen-bond donors (Lipinski definition) is 5. The molecule has 0 unspecified atom stereocenters. The largest absolute Gasteiger partial charge is 0.481 e. The lowest BCUT2D eigenvalue weighted by molar-refractivity contribution is -0.150. The number of halogens is 1. The number of carboxylic acids is 2. The van der Waals surface area contributed by atoms with Crippen LogP contribution in [-0.4, -0.2) is 65.0 Å². The van der Waals surface area contributed by atoms with Crippen molar-refractivity contribution in [1.29, 1.82) is 0 Å². The molecular weight excluding hydrogens is 351 g/mol. The molecule has 0 saturated heterocycles. The molecule has 0 bridgehead atoms. The summed E-state index contributed by atoms with van der Waals surface area (Å²) in [6, 6.07) is -0.949. The molecule has 10 nitrogen and oxygen atoms in total. The summed E-state index contributed by atoms with van der Waals surface area (Å²) < 4.78 is 39.6. The summed E-state index contributed by atoms with van der Waals surface area (Å²) in [7, 11) is -3.67. The molecule has 0 heterocycles. The second-order valence-corrected chi connectivity index (χ2v) is 7.44. The number of aliphatic carboxylic acids is 2. The molecular formula is C12H19FN2O8S. The third-order valence-corrected chi connectivity index (χ3v) is 4.01. The number of fused-ring (bicyclic) bond motifs is 1. The molecule has 2 aliphatic rings. The van der Waals surface area contributed by atoms with E-state index in [1.54, 1.807) is 0 Å². The van der Waals surface area contributed by atoms with Crippen molar-refractivity contribution in [3.05, 3.63) is 0 Å². The number of rotatable bonds is 4. The average molecular weight is 370 g/mol. The number of carboxylic acid groups (broad SMARTS) is 2. The van der Waals surface area contributed by atoms with E-state index in [9.17, 15) is 32.3 Å². The standard InChI is InChI=1S/C11H15FN2O5.CH4O3S/c1-3(13)8(15)14-11(10(18)19)2-4(12)5-6(7(5)11)9(16)17;1-5(2,3)4/h3-7H,2,13H2,1H3,(H,14,15)(H,16,17)(H,18,19);1H3,(H,2,3,4)/t3-,4+,5-,6-,7-,11-;/m0./s1. The van der Waals surface area contributed by atoms with Gasteiger partial charge >= 0.3 is 11.9 Å². The second-order valence-electron chi connectivity index (χ2n) is 5.97. The van der Waals surface area contributed by atoms with Crippen LogP contribution in [0.4, 0.5) is 4.39 Å². The van der Waals surface area contributed by atoms with Crippen LogP contribution in [0.25, 0.3) is 0 Å². The highest BCUT2D eigenvalue weighted by Crippen LogP contribution is 2.63. The summed E-state index contributed by atoms with van der Waals surface area (Å²) in [5.74, 6) is -6.21. The fraction of sp³-hybridized carbons (Fsp3) is 0.750. The number of carbonyl (C=O) groups is 3. The molecule has 6 N–H and O–H groups in total. The summed E-state index contributed by atoms with van der Waals surface area (Å²) in [6.07, 6.45) is -1.25. The van der Waals surface area contributed by atoms with Crippen LogP contribution in [0.2, 0.25) is 0 Å². The van der Waals surface area contributed by atoms with Gasteiger partial charge in [0.05, 0.1) is 18.2 Å². The third-order valence-electron chi connectivity index (χ3n) is 4.01. The Morgan fingerprint density at radius 2 is 1.79 bits per heavy atom. The molecule has 2 fully saturated rings. The van der Waals surface area contributed by atoms with E-state index in [1.807, 2.05) is 0 Å². The monoisotopic (exact) mass is 370 g/mol.